The molecule has 2 aromatic carbocycles. The summed E-state index contributed by atoms with van der Waals surface area (Å²) in [6.45, 7) is 8.13. The second-order valence-corrected chi connectivity index (χ2v) is 10.4. The summed E-state index contributed by atoms with van der Waals surface area (Å²) in [5.41, 5.74) is 4.78. The topological polar surface area (TPSA) is 113 Å². The molecule has 5 N–H and O–H groups in total. The predicted octanol–water partition coefficient (Wildman–Crippen LogP) is 5.57. The van der Waals surface area contributed by atoms with Crippen molar-refractivity contribution in [1.29, 1.82) is 0 Å². The Morgan fingerprint density at radius 1 is 1.23 bits per heavy atom. The number of hydrogen-bond acceptors (Lipinski definition) is 3. The summed E-state index contributed by atoms with van der Waals surface area (Å²) in [4.78, 5) is 33.8. The fourth-order valence-electron chi connectivity index (χ4n) is 4.82. The van der Waals surface area contributed by atoms with Crippen LogP contribution in [0.15, 0.2) is 36.5 Å². The molecule has 2 aromatic heterocycles. The Bertz CT molecular complexity index is 1480. The van der Waals surface area contributed by atoms with Gasteiger partial charge in [0.25, 0.3) is 5.91 Å². The number of aromatic hydroxyl groups is 1. The molecule has 182 valence electrons. The summed E-state index contributed by atoms with van der Waals surface area (Å²) in [5, 5.41) is 18.0. The normalized spacial score (nSPS) is 15.6. The average Bonchev–Trinajstić information content (AvgIpc) is 3.46. The number of nitrogens with one attached hydrogen (secondary N) is 4. The zero-order chi connectivity index (χ0) is 25.1. The average molecular weight is 494 g/mol. The highest BCUT2D eigenvalue weighted by Gasteiger charge is 2.36. The van der Waals surface area contributed by atoms with E-state index in [1.807, 2.05) is 46.0 Å². The van der Waals surface area contributed by atoms with E-state index >= 15 is 0 Å². The minimum absolute atomic E-state index is 0.0465. The highest BCUT2D eigenvalue weighted by molar-refractivity contribution is 6.19. The maximum absolute atomic E-state index is 13.6. The maximum atomic E-state index is 13.6. The van der Waals surface area contributed by atoms with E-state index in [0.29, 0.717) is 35.0 Å². The maximum Gasteiger partial charge on any atom is 0.319 e. The number of aromatic nitrogens is 2. The molecular weight excluding hydrogens is 466 g/mol. The van der Waals surface area contributed by atoms with Gasteiger partial charge in [0.2, 0.25) is 0 Å². The SMILES string of the molecule is Cc1c[nH]c2c(O)cc3c(c12)C(CCl)CN3C(=O)c1cc2cc(NC(=O)NC(C)(C)C)ccc2[nH]1. The molecule has 0 spiro atoms. The number of aromatic amines is 2. The Morgan fingerprint density at radius 2 is 2.00 bits per heavy atom. The lowest BCUT2D eigenvalue weighted by molar-refractivity contribution is 0.0984. The van der Waals surface area contributed by atoms with Crippen LogP contribution in [0.1, 0.15) is 48.3 Å². The van der Waals surface area contributed by atoms with E-state index in [-0.39, 0.29) is 29.1 Å². The van der Waals surface area contributed by atoms with Crippen LogP contribution in [-0.4, -0.2) is 45.0 Å². The van der Waals surface area contributed by atoms with E-state index in [0.717, 1.165) is 27.4 Å². The number of carbonyl (C=O) groups is 2. The molecule has 3 heterocycles. The zero-order valence-corrected chi connectivity index (χ0v) is 20.8. The van der Waals surface area contributed by atoms with Gasteiger partial charge >= 0.3 is 6.03 Å². The molecule has 0 saturated heterocycles. The Hall–Kier alpha value is -3.65. The molecule has 0 aliphatic carbocycles. The molecule has 4 aromatic rings. The first-order valence-electron chi connectivity index (χ1n) is 11.5. The second-order valence-electron chi connectivity index (χ2n) is 10.1. The molecule has 0 fully saturated rings. The van der Waals surface area contributed by atoms with Crippen LogP contribution in [0.5, 0.6) is 5.75 Å². The third kappa shape index (κ3) is 4.08. The van der Waals surface area contributed by atoms with Crippen molar-refractivity contribution in [1.82, 2.24) is 15.3 Å². The lowest BCUT2D eigenvalue weighted by atomic mass is 9.97. The van der Waals surface area contributed by atoms with E-state index < -0.39 is 0 Å². The number of carbonyl (C=O) groups excluding carboxylic acids is 2. The molecule has 8 nitrogen and oxygen atoms in total. The van der Waals surface area contributed by atoms with Gasteiger partial charge < -0.3 is 30.6 Å². The molecule has 35 heavy (non-hydrogen) atoms. The van der Waals surface area contributed by atoms with Gasteiger partial charge in [-0.25, -0.2) is 4.79 Å². The van der Waals surface area contributed by atoms with Gasteiger partial charge in [0.15, 0.2) is 0 Å². The van der Waals surface area contributed by atoms with E-state index in [9.17, 15) is 14.7 Å². The van der Waals surface area contributed by atoms with Crippen molar-refractivity contribution in [2.24, 2.45) is 0 Å². The number of phenolic OH excluding ortho intramolecular Hbond substituents is 1. The molecule has 5 rings (SSSR count). The summed E-state index contributed by atoms with van der Waals surface area (Å²) in [5.74, 6) is 0.206. The third-order valence-electron chi connectivity index (χ3n) is 6.28. The van der Waals surface area contributed by atoms with Gasteiger partial charge in [0.05, 0.1) is 11.2 Å². The number of aryl methyl sites for hydroxylation is 1. The van der Waals surface area contributed by atoms with Crippen molar-refractivity contribution < 1.29 is 14.7 Å². The highest BCUT2D eigenvalue weighted by Crippen LogP contribution is 2.46. The van der Waals surface area contributed by atoms with Gasteiger partial charge in [-0.05, 0) is 63.1 Å². The molecule has 3 amide bonds. The number of hydrogen-bond donors (Lipinski definition) is 5. The monoisotopic (exact) mass is 493 g/mol. The van der Waals surface area contributed by atoms with E-state index in [2.05, 4.69) is 20.6 Å². The third-order valence-corrected chi connectivity index (χ3v) is 6.66. The lowest BCUT2D eigenvalue weighted by Gasteiger charge is -2.20. The Labute approximate surface area is 207 Å². The molecule has 1 aliphatic heterocycles. The number of halogens is 1. The summed E-state index contributed by atoms with van der Waals surface area (Å²) in [7, 11) is 0. The molecule has 9 heteroatoms. The van der Waals surface area contributed by atoms with Crippen LogP contribution >= 0.6 is 11.6 Å². The van der Waals surface area contributed by atoms with E-state index in [1.165, 1.54) is 0 Å². The Balaban J connectivity index is 1.47. The summed E-state index contributed by atoms with van der Waals surface area (Å²) >= 11 is 6.32. The summed E-state index contributed by atoms with van der Waals surface area (Å²) in [6.07, 6.45) is 1.85. The van der Waals surface area contributed by atoms with Gasteiger partial charge in [-0.1, -0.05) is 0 Å². The first-order chi connectivity index (χ1) is 16.6. The standard InChI is InChI=1S/C26H28ClN5O3/c1-13-11-28-23-20(33)9-19-22(21(13)23)15(10-27)12-32(19)24(34)18-8-14-7-16(5-6-17(14)30-18)29-25(35)31-26(2,3)4/h5-9,11,15,28,30,33H,10,12H2,1-4H3,(H2,29,31,35). The van der Waals surface area contributed by atoms with Crippen molar-refractivity contribution in [2.45, 2.75) is 39.2 Å². The highest BCUT2D eigenvalue weighted by atomic mass is 35.5. The number of benzene rings is 2. The smallest absolute Gasteiger partial charge is 0.319 e. The lowest BCUT2D eigenvalue weighted by Crippen LogP contribution is -2.43. The van der Waals surface area contributed by atoms with Gasteiger partial charge in [-0.15, -0.1) is 11.6 Å². The largest absolute Gasteiger partial charge is 0.506 e. The van der Waals surface area contributed by atoms with E-state index in [1.54, 1.807) is 23.1 Å². The Kier molecular flexibility index (Phi) is 5.44. The van der Waals surface area contributed by atoms with Crippen molar-refractivity contribution in [2.75, 3.05) is 22.6 Å². The Morgan fingerprint density at radius 3 is 2.71 bits per heavy atom. The predicted molar refractivity (Wildman–Crippen MR) is 140 cm³/mol. The molecular formula is C26H28ClN5O3. The molecule has 0 saturated carbocycles. The van der Waals surface area contributed by atoms with Gasteiger partial charge in [0.1, 0.15) is 11.4 Å². The van der Waals surface area contributed by atoms with Crippen LogP contribution in [-0.2, 0) is 0 Å². The number of fused-ring (bicyclic) bond motifs is 4. The van der Waals surface area contributed by atoms with Crippen molar-refractivity contribution in [3.8, 4) is 5.75 Å². The summed E-state index contributed by atoms with van der Waals surface area (Å²) in [6, 6.07) is 8.55. The first kappa shape index (κ1) is 23.1. The zero-order valence-electron chi connectivity index (χ0n) is 20.0. The van der Waals surface area contributed by atoms with Crippen LogP contribution in [0, 0.1) is 6.92 Å². The molecule has 0 radical (unpaired) electrons. The molecule has 1 unspecified atom stereocenters. The number of amides is 3. The quantitative estimate of drug-likeness (QED) is 0.240. The van der Waals surface area contributed by atoms with Crippen LogP contribution in [0.4, 0.5) is 16.2 Å². The number of rotatable bonds is 3. The van der Waals surface area contributed by atoms with Gasteiger partial charge in [-0.3, -0.25) is 4.79 Å². The molecule has 0 bridgehead atoms. The molecule has 1 aliphatic rings. The number of alkyl halides is 1. The number of anilines is 2. The minimum atomic E-state index is -0.353. The van der Waals surface area contributed by atoms with E-state index in [4.69, 9.17) is 11.6 Å². The van der Waals surface area contributed by atoms with Crippen LogP contribution in [0.25, 0.3) is 21.8 Å². The number of urea groups is 1. The minimum Gasteiger partial charge on any atom is -0.506 e. The van der Waals surface area contributed by atoms with Crippen molar-refractivity contribution >= 4 is 56.7 Å². The second kappa shape index (κ2) is 8.23. The van der Waals surface area contributed by atoms with Crippen LogP contribution < -0.4 is 15.5 Å². The summed E-state index contributed by atoms with van der Waals surface area (Å²) < 4.78 is 0. The van der Waals surface area contributed by atoms with Crippen molar-refractivity contribution in [3.63, 3.8) is 0 Å². The number of H-pyrrole nitrogens is 2. The van der Waals surface area contributed by atoms with Crippen LogP contribution in [0.2, 0.25) is 0 Å². The fourth-order valence-corrected chi connectivity index (χ4v) is 5.07. The first-order valence-corrected chi connectivity index (χ1v) is 12.0. The molecule has 1 atom stereocenters. The number of nitrogens with zero attached hydrogens (tertiary/aromatic N) is 1. The van der Waals surface area contributed by atoms with Crippen molar-refractivity contribution in [3.05, 3.63) is 53.3 Å². The van der Waals surface area contributed by atoms with Crippen LogP contribution in [0.3, 0.4) is 0 Å². The number of phenols is 1. The van der Waals surface area contributed by atoms with Gasteiger partial charge in [-0.2, -0.15) is 0 Å². The fraction of sp³-hybridized carbons (Fsp3) is 0.308. The van der Waals surface area contributed by atoms with Gasteiger partial charge in [0, 0.05) is 58.1 Å².